The highest BCUT2D eigenvalue weighted by Crippen LogP contribution is 2.45. The third-order valence-corrected chi connectivity index (χ3v) is 8.01. The van der Waals surface area contributed by atoms with Gasteiger partial charge >= 0.3 is 0 Å². The van der Waals surface area contributed by atoms with Gasteiger partial charge in [0.2, 0.25) is 10.0 Å². The van der Waals surface area contributed by atoms with Crippen LogP contribution in [0, 0.1) is 27.7 Å². The number of aryl methyl sites for hydroxylation is 3. The van der Waals surface area contributed by atoms with Gasteiger partial charge in [-0.3, -0.25) is 9.71 Å². The fourth-order valence-electron chi connectivity index (χ4n) is 5.64. The molecule has 2 atom stereocenters. The Morgan fingerprint density at radius 3 is 2.33 bits per heavy atom. The molecule has 1 aliphatic heterocycles. The van der Waals surface area contributed by atoms with Crippen LogP contribution in [0.15, 0.2) is 66.9 Å². The number of ether oxygens (including phenoxy) is 1. The Morgan fingerprint density at radius 1 is 0.975 bits per heavy atom. The maximum absolute atomic E-state index is 12.1. The monoisotopic (exact) mass is 575 g/mol. The zero-order chi connectivity index (χ0) is 28.8. The van der Waals surface area contributed by atoms with E-state index >= 15 is 0 Å². The van der Waals surface area contributed by atoms with Crippen molar-refractivity contribution in [1.82, 2.24) is 14.9 Å². The van der Waals surface area contributed by atoms with E-state index in [1.54, 1.807) is 18.3 Å². The van der Waals surface area contributed by atoms with Gasteiger partial charge in [0.05, 0.1) is 36.8 Å². The molecule has 5 rings (SSSR count). The predicted molar refractivity (Wildman–Crippen MR) is 164 cm³/mol. The van der Waals surface area contributed by atoms with Crippen LogP contribution in [-0.2, 0) is 10.0 Å². The summed E-state index contributed by atoms with van der Waals surface area (Å²) in [5, 5.41) is 4.01. The minimum Gasteiger partial charge on any atom is -0.495 e. The number of benzene rings is 2. The molecule has 2 N–H and O–H groups in total. The van der Waals surface area contributed by atoms with Crippen molar-refractivity contribution in [3.63, 3.8) is 0 Å². The summed E-state index contributed by atoms with van der Waals surface area (Å²) in [5.74, 6) is 0.415. The number of methoxy groups -OCH3 is 1. The quantitative estimate of drug-likeness (QED) is 0.275. The highest BCUT2D eigenvalue weighted by atomic mass is 32.2. The van der Waals surface area contributed by atoms with Gasteiger partial charge in [-0.2, -0.15) is 0 Å². The summed E-state index contributed by atoms with van der Waals surface area (Å²) in [6.07, 6.45) is 2.89. The van der Waals surface area contributed by atoms with Crippen molar-refractivity contribution in [1.29, 1.82) is 0 Å². The number of hydrogen-bond donors (Lipinski definition) is 2. The van der Waals surface area contributed by atoms with Crippen LogP contribution < -0.4 is 19.7 Å². The fraction of sp³-hybridized carbons (Fsp3) is 0.267. The average Bonchev–Trinajstić information content (AvgIpc) is 3.37. The van der Waals surface area contributed by atoms with E-state index in [-0.39, 0.29) is 12.1 Å². The summed E-state index contributed by atoms with van der Waals surface area (Å²) in [6, 6.07) is 19.5. The first-order valence-electron chi connectivity index (χ1n) is 12.9. The van der Waals surface area contributed by atoms with Crippen molar-refractivity contribution >= 4 is 38.7 Å². The summed E-state index contributed by atoms with van der Waals surface area (Å²) < 4.78 is 34.5. The van der Waals surface area contributed by atoms with Gasteiger partial charge in [0.25, 0.3) is 0 Å². The number of nitrogens with zero attached hydrogens (tertiary/aromatic N) is 3. The maximum Gasteiger partial charge on any atom is 0.229 e. The number of nitrogens with one attached hydrogen (secondary N) is 2. The van der Waals surface area contributed by atoms with Gasteiger partial charge in [-0.15, -0.1) is 0 Å². The molecule has 208 valence electrons. The van der Waals surface area contributed by atoms with E-state index in [2.05, 4.69) is 71.6 Å². The van der Waals surface area contributed by atoms with Gasteiger partial charge in [0, 0.05) is 29.0 Å². The zero-order valence-corrected chi connectivity index (χ0v) is 25.0. The number of thiocarbonyl (C=S) groups is 1. The van der Waals surface area contributed by atoms with Crippen LogP contribution in [0.3, 0.4) is 0 Å². The number of aromatic nitrogens is 2. The Kier molecular flexibility index (Phi) is 7.32. The second-order valence-corrected chi connectivity index (χ2v) is 12.4. The van der Waals surface area contributed by atoms with E-state index in [1.165, 1.54) is 18.2 Å². The first-order valence-corrected chi connectivity index (χ1v) is 15.2. The van der Waals surface area contributed by atoms with Crippen LogP contribution in [0.5, 0.6) is 5.75 Å². The highest BCUT2D eigenvalue weighted by molar-refractivity contribution is 7.92. The molecule has 1 saturated heterocycles. The predicted octanol–water partition coefficient (Wildman–Crippen LogP) is 5.66. The van der Waals surface area contributed by atoms with Gasteiger partial charge in [-0.05, 0) is 105 Å². The molecule has 8 nitrogen and oxygen atoms in total. The standard InChI is InChI=1S/C30H33N5O3S2/c1-18-13-19(2)15-23(14-18)34-20(3)16-24(21(34)4)29-28(25-9-7-8-12-31-25)32-30(39)35(29)22-10-11-27(38-5)26(17-22)33-40(6,36)37/h7-17,28-29,33H,1-6H3,(H,32,39)/t28-,29+/m1/s1. The van der Waals surface area contributed by atoms with Crippen LogP contribution in [0.25, 0.3) is 5.69 Å². The molecule has 0 bridgehead atoms. The summed E-state index contributed by atoms with van der Waals surface area (Å²) in [7, 11) is -2.03. The number of sulfonamides is 1. The van der Waals surface area contributed by atoms with Crippen molar-refractivity contribution in [3.05, 3.63) is 101 Å². The third kappa shape index (κ3) is 5.29. The molecule has 0 amide bonds. The van der Waals surface area contributed by atoms with Gasteiger partial charge in [0.15, 0.2) is 5.11 Å². The van der Waals surface area contributed by atoms with E-state index < -0.39 is 10.0 Å². The molecule has 2 aromatic heterocycles. The Balaban J connectivity index is 1.69. The summed E-state index contributed by atoms with van der Waals surface area (Å²) in [5.41, 5.74) is 8.71. The van der Waals surface area contributed by atoms with Gasteiger partial charge < -0.3 is 19.5 Å². The lowest BCUT2D eigenvalue weighted by Crippen LogP contribution is -2.29. The lowest BCUT2D eigenvalue weighted by molar-refractivity contribution is 0.417. The zero-order valence-electron chi connectivity index (χ0n) is 23.4. The molecule has 0 aliphatic carbocycles. The summed E-state index contributed by atoms with van der Waals surface area (Å²) in [6.45, 7) is 8.45. The minimum atomic E-state index is -3.54. The van der Waals surface area contributed by atoms with Gasteiger partial charge in [0.1, 0.15) is 5.75 Å². The lowest BCUT2D eigenvalue weighted by atomic mass is 9.96. The average molecular weight is 576 g/mol. The first-order chi connectivity index (χ1) is 19.0. The largest absolute Gasteiger partial charge is 0.495 e. The Hall–Kier alpha value is -3.89. The summed E-state index contributed by atoms with van der Waals surface area (Å²) in [4.78, 5) is 6.70. The minimum absolute atomic E-state index is 0.240. The first kappa shape index (κ1) is 27.7. The smallest absolute Gasteiger partial charge is 0.229 e. The Morgan fingerprint density at radius 2 is 1.70 bits per heavy atom. The third-order valence-electron chi connectivity index (χ3n) is 7.11. The fourth-order valence-corrected chi connectivity index (χ4v) is 6.54. The molecule has 40 heavy (non-hydrogen) atoms. The topological polar surface area (TPSA) is 88.5 Å². The molecule has 2 aromatic carbocycles. The molecule has 3 heterocycles. The van der Waals surface area contributed by atoms with Crippen LogP contribution in [0.1, 0.15) is 45.9 Å². The van der Waals surface area contributed by atoms with Crippen molar-refractivity contribution in [3.8, 4) is 11.4 Å². The van der Waals surface area contributed by atoms with E-state index in [9.17, 15) is 8.42 Å². The molecule has 0 radical (unpaired) electrons. The van der Waals surface area contributed by atoms with Gasteiger partial charge in [-0.25, -0.2) is 8.42 Å². The molecule has 0 unspecified atom stereocenters. The number of anilines is 2. The molecular formula is C30H33N5O3S2. The highest BCUT2D eigenvalue weighted by Gasteiger charge is 2.42. The van der Waals surface area contributed by atoms with E-state index in [0.29, 0.717) is 16.5 Å². The van der Waals surface area contributed by atoms with Gasteiger partial charge in [-0.1, -0.05) is 12.1 Å². The summed E-state index contributed by atoms with van der Waals surface area (Å²) >= 11 is 5.91. The van der Waals surface area contributed by atoms with E-state index in [0.717, 1.165) is 40.3 Å². The van der Waals surface area contributed by atoms with Crippen molar-refractivity contribution in [2.75, 3.05) is 23.0 Å². The molecule has 4 aromatic rings. The second kappa shape index (κ2) is 10.6. The molecule has 1 fully saturated rings. The molecular weight excluding hydrogens is 542 g/mol. The SMILES string of the molecule is COc1ccc(N2C(=S)N[C@H](c3ccccn3)[C@@H]2c2cc(C)n(-c3cc(C)cc(C)c3)c2C)cc1NS(C)(=O)=O. The number of pyridine rings is 1. The van der Waals surface area contributed by atoms with Crippen LogP contribution >= 0.6 is 12.2 Å². The van der Waals surface area contributed by atoms with E-state index in [1.807, 2.05) is 29.2 Å². The normalized spacial score (nSPS) is 17.1. The second-order valence-electron chi connectivity index (χ2n) is 10.3. The van der Waals surface area contributed by atoms with Crippen molar-refractivity contribution in [2.45, 2.75) is 39.8 Å². The van der Waals surface area contributed by atoms with Crippen LogP contribution in [-0.4, -0.2) is 36.4 Å². The maximum atomic E-state index is 12.1. The molecule has 0 saturated carbocycles. The van der Waals surface area contributed by atoms with Crippen molar-refractivity contribution in [2.24, 2.45) is 0 Å². The molecule has 1 aliphatic rings. The Labute approximate surface area is 241 Å². The number of hydrogen-bond acceptors (Lipinski definition) is 5. The van der Waals surface area contributed by atoms with Crippen molar-refractivity contribution < 1.29 is 13.2 Å². The molecule has 0 spiro atoms. The van der Waals surface area contributed by atoms with Crippen LogP contribution in [0.4, 0.5) is 11.4 Å². The Bertz CT molecular complexity index is 1680. The number of rotatable bonds is 7. The van der Waals surface area contributed by atoms with E-state index in [4.69, 9.17) is 17.0 Å². The molecule has 10 heteroatoms. The van der Waals surface area contributed by atoms with Crippen LogP contribution in [0.2, 0.25) is 0 Å². The lowest BCUT2D eigenvalue weighted by Gasteiger charge is -2.29.